The zero-order chi connectivity index (χ0) is 16.6. The zero-order valence-corrected chi connectivity index (χ0v) is 13.9. The number of allylic oxidation sites excluding steroid dienone is 3. The maximum atomic E-state index is 11.0. The first-order valence-corrected chi connectivity index (χ1v) is 7.75. The van der Waals surface area contributed by atoms with Gasteiger partial charge in [-0.1, -0.05) is 34.0 Å². The number of rotatable bonds is 2. The highest BCUT2D eigenvalue weighted by atomic mass is 79.9. The second kappa shape index (κ2) is 5.86. The Hall–Kier alpha value is -2.64. The Morgan fingerprint density at radius 3 is 2.48 bits per heavy atom. The van der Waals surface area contributed by atoms with E-state index < -0.39 is 4.92 Å². The van der Waals surface area contributed by atoms with Crippen LogP contribution in [-0.2, 0) is 0 Å². The molecule has 0 amide bonds. The number of halogens is 1. The number of hydrogen-bond donors (Lipinski definition) is 0. The van der Waals surface area contributed by atoms with E-state index in [2.05, 4.69) is 27.9 Å². The first-order chi connectivity index (χ1) is 11.0. The van der Waals surface area contributed by atoms with E-state index in [1.54, 1.807) is 12.1 Å². The molecular formula is C19H12BrNO2. The molecule has 0 unspecified atom stereocenters. The number of fused-ring (bicyclic) bond motifs is 1. The minimum Gasteiger partial charge on any atom is -0.258 e. The van der Waals surface area contributed by atoms with Gasteiger partial charge >= 0.3 is 0 Å². The molecule has 112 valence electrons. The van der Waals surface area contributed by atoms with Crippen LogP contribution in [0.25, 0.3) is 17.2 Å². The highest BCUT2D eigenvalue weighted by molar-refractivity contribution is 9.10. The number of non-ortho nitro benzene ring substituents is 1. The minimum atomic E-state index is -0.403. The van der Waals surface area contributed by atoms with Gasteiger partial charge in [0.05, 0.1) is 4.92 Å². The van der Waals surface area contributed by atoms with Crippen LogP contribution in [0.15, 0.2) is 52.5 Å². The SMILES string of the molecule is C#CC1=C(C)C(=Cc2ccc(Br)cc2)c2ccc([N+](=O)[O-])cc21. The molecule has 0 aromatic heterocycles. The summed E-state index contributed by atoms with van der Waals surface area (Å²) >= 11 is 3.42. The molecule has 0 heterocycles. The van der Waals surface area contributed by atoms with Gasteiger partial charge in [-0.15, -0.1) is 6.42 Å². The van der Waals surface area contributed by atoms with E-state index in [1.807, 2.05) is 31.2 Å². The van der Waals surface area contributed by atoms with Crippen molar-refractivity contribution in [3.63, 3.8) is 0 Å². The Balaban J connectivity index is 2.18. The first-order valence-electron chi connectivity index (χ1n) is 6.95. The van der Waals surface area contributed by atoms with Crippen molar-refractivity contribution >= 4 is 38.8 Å². The van der Waals surface area contributed by atoms with Crippen molar-refractivity contribution in [1.82, 2.24) is 0 Å². The number of terminal acetylenes is 1. The summed E-state index contributed by atoms with van der Waals surface area (Å²) in [6.07, 6.45) is 7.68. The normalized spacial score (nSPS) is 14.7. The van der Waals surface area contributed by atoms with Crippen molar-refractivity contribution in [2.45, 2.75) is 6.92 Å². The second-order valence-electron chi connectivity index (χ2n) is 5.24. The van der Waals surface area contributed by atoms with Gasteiger partial charge in [0.2, 0.25) is 0 Å². The lowest BCUT2D eigenvalue weighted by molar-refractivity contribution is -0.384. The Bertz CT molecular complexity index is 915. The summed E-state index contributed by atoms with van der Waals surface area (Å²) in [5.74, 6) is 2.67. The van der Waals surface area contributed by atoms with Crippen LogP contribution in [0.3, 0.4) is 0 Å². The van der Waals surface area contributed by atoms with Crippen LogP contribution >= 0.6 is 15.9 Å². The van der Waals surface area contributed by atoms with Crippen LogP contribution in [0.4, 0.5) is 5.69 Å². The van der Waals surface area contributed by atoms with E-state index in [-0.39, 0.29) is 5.69 Å². The summed E-state index contributed by atoms with van der Waals surface area (Å²) in [4.78, 5) is 10.6. The minimum absolute atomic E-state index is 0.0502. The first kappa shape index (κ1) is 15.3. The van der Waals surface area contributed by atoms with Crippen LogP contribution in [0.2, 0.25) is 0 Å². The van der Waals surface area contributed by atoms with Gasteiger partial charge in [-0.3, -0.25) is 10.1 Å². The average molecular weight is 366 g/mol. The number of nitrogens with zero attached hydrogens (tertiary/aromatic N) is 1. The summed E-state index contributed by atoms with van der Waals surface area (Å²) < 4.78 is 1.01. The second-order valence-corrected chi connectivity index (χ2v) is 6.16. The van der Waals surface area contributed by atoms with Gasteiger partial charge in [0.1, 0.15) is 0 Å². The van der Waals surface area contributed by atoms with Crippen molar-refractivity contribution in [2.24, 2.45) is 0 Å². The molecule has 3 nitrogen and oxygen atoms in total. The summed E-state index contributed by atoms with van der Waals surface area (Å²) in [7, 11) is 0. The van der Waals surface area contributed by atoms with E-state index in [0.29, 0.717) is 5.57 Å². The van der Waals surface area contributed by atoms with E-state index >= 15 is 0 Å². The molecule has 23 heavy (non-hydrogen) atoms. The quantitative estimate of drug-likeness (QED) is 0.410. The predicted octanol–water partition coefficient (Wildman–Crippen LogP) is 5.32. The number of nitro benzene ring substituents is 1. The fourth-order valence-corrected chi connectivity index (χ4v) is 2.99. The molecule has 0 saturated carbocycles. The van der Waals surface area contributed by atoms with Gasteiger partial charge in [-0.2, -0.15) is 0 Å². The Morgan fingerprint density at radius 1 is 1.17 bits per heavy atom. The lowest BCUT2D eigenvalue weighted by atomic mass is 10.0. The van der Waals surface area contributed by atoms with Crippen molar-refractivity contribution in [2.75, 3.05) is 0 Å². The Labute approximate surface area is 142 Å². The molecule has 1 aliphatic rings. The molecule has 0 fully saturated rings. The Kier molecular flexibility index (Phi) is 3.89. The third kappa shape index (κ3) is 2.71. The van der Waals surface area contributed by atoms with Crippen LogP contribution < -0.4 is 0 Å². The maximum absolute atomic E-state index is 11.0. The van der Waals surface area contributed by atoms with E-state index in [9.17, 15) is 10.1 Å². The summed E-state index contributed by atoms with van der Waals surface area (Å²) in [6.45, 7) is 1.95. The van der Waals surface area contributed by atoms with Gasteiger partial charge in [0.25, 0.3) is 5.69 Å². The van der Waals surface area contributed by atoms with Crippen molar-refractivity contribution in [3.8, 4) is 12.3 Å². The molecule has 0 atom stereocenters. The van der Waals surface area contributed by atoms with Gasteiger partial charge in [-0.25, -0.2) is 0 Å². The maximum Gasteiger partial charge on any atom is 0.270 e. The van der Waals surface area contributed by atoms with Gasteiger partial charge < -0.3 is 0 Å². The van der Waals surface area contributed by atoms with Crippen LogP contribution in [0, 0.1) is 22.5 Å². The van der Waals surface area contributed by atoms with Crippen LogP contribution in [-0.4, -0.2) is 4.92 Å². The third-order valence-corrected chi connectivity index (χ3v) is 4.41. The predicted molar refractivity (Wildman–Crippen MR) is 96.5 cm³/mol. The molecule has 0 bridgehead atoms. The lowest BCUT2D eigenvalue weighted by Crippen LogP contribution is -1.91. The molecule has 2 aromatic rings. The largest absolute Gasteiger partial charge is 0.270 e. The smallest absolute Gasteiger partial charge is 0.258 e. The van der Waals surface area contributed by atoms with E-state index in [1.165, 1.54) is 6.07 Å². The fourth-order valence-electron chi connectivity index (χ4n) is 2.72. The van der Waals surface area contributed by atoms with Crippen LogP contribution in [0.1, 0.15) is 23.6 Å². The van der Waals surface area contributed by atoms with Crippen molar-refractivity contribution in [3.05, 3.63) is 79.3 Å². The molecule has 0 N–H and O–H groups in total. The van der Waals surface area contributed by atoms with Crippen LogP contribution in [0.5, 0.6) is 0 Å². The third-order valence-electron chi connectivity index (χ3n) is 3.88. The highest BCUT2D eigenvalue weighted by Crippen LogP contribution is 2.43. The summed E-state index contributed by atoms with van der Waals surface area (Å²) in [5, 5.41) is 11.0. The molecule has 0 saturated heterocycles. The summed E-state index contributed by atoms with van der Waals surface area (Å²) in [6, 6.07) is 12.8. The molecule has 0 radical (unpaired) electrons. The standard InChI is InChI=1S/C19H12BrNO2/c1-3-16-12(2)18(10-13-4-6-14(20)7-5-13)17-9-8-15(21(22)23)11-19(16)17/h1,4-11H,2H3. The van der Waals surface area contributed by atoms with Crippen molar-refractivity contribution in [1.29, 1.82) is 0 Å². The fraction of sp³-hybridized carbons (Fsp3) is 0.0526. The molecule has 3 rings (SSSR count). The average Bonchev–Trinajstić information content (AvgIpc) is 2.80. The zero-order valence-electron chi connectivity index (χ0n) is 12.3. The molecular weight excluding hydrogens is 354 g/mol. The monoisotopic (exact) mass is 365 g/mol. The molecule has 0 aliphatic heterocycles. The van der Waals surface area contributed by atoms with E-state index in [0.717, 1.165) is 32.3 Å². The van der Waals surface area contributed by atoms with Gasteiger partial charge in [0.15, 0.2) is 0 Å². The Morgan fingerprint density at radius 2 is 1.87 bits per heavy atom. The molecule has 4 heteroatoms. The number of hydrogen-bond acceptors (Lipinski definition) is 2. The molecule has 2 aromatic carbocycles. The van der Waals surface area contributed by atoms with Crippen molar-refractivity contribution < 1.29 is 4.92 Å². The number of benzene rings is 2. The topological polar surface area (TPSA) is 43.1 Å². The molecule has 0 spiro atoms. The van der Waals surface area contributed by atoms with Gasteiger partial charge in [-0.05, 0) is 53.5 Å². The lowest BCUT2D eigenvalue weighted by Gasteiger charge is -2.04. The van der Waals surface area contributed by atoms with E-state index in [4.69, 9.17) is 6.42 Å². The summed E-state index contributed by atoms with van der Waals surface area (Å²) in [5.41, 5.74) is 5.47. The highest BCUT2D eigenvalue weighted by Gasteiger charge is 2.24. The van der Waals surface area contributed by atoms with Gasteiger partial charge in [0, 0.05) is 27.7 Å². The molecule has 1 aliphatic carbocycles. The number of nitro groups is 1.